The first-order valence-corrected chi connectivity index (χ1v) is 16.3. The highest BCUT2D eigenvalue weighted by atomic mass is 32.2. The molecule has 4 rings (SSSR count). The Morgan fingerprint density at radius 1 is 1.05 bits per heavy atom. The number of carbonyl (C=O) groups is 1. The van der Waals surface area contributed by atoms with Crippen LogP contribution in [0.4, 0.5) is 10.5 Å². The van der Waals surface area contributed by atoms with E-state index < -0.39 is 14.9 Å². The van der Waals surface area contributed by atoms with Crippen molar-refractivity contribution in [2.75, 3.05) is 39.8 Å². The summed E-state index contributed by atoms with van der Waals surface area (Å²) in [7, 11) is -1.96. The molecule has 44 heavy (non-hydrogen) atoms. The van der Waals surface area contributed by atoms with Crippen LogP contribution < -0.4 is 5.32 Å². The van der Waals surface area contributed by atoms with E-state index in [0.29, 0.717) is 13.1 Å². The second-order valence-electron chi connectivity index (χ2n) is 11.1. The number of piperidine rings is 1. The number of likely N-dealkylation sites (tertiary alicyclic amines) is 1. The summed E-state index contributed by atoms with van der Waals surface area (Å²) in [5.74, 6) is 0.0277. The second kappa shape index (κ2) is 15.6. The largest absolute Gasteiger partial charge is 0.334 e. The SMILES string of the molecule is C=CCN(C(=O)NCc1ccc([N+](=O)[O-])cc1)C1CCN(CC[C@H](CN(C)S(=O)(=O)c2ccccc2)c2ccccc2)CC1. The molecule has 11 heteroatoms. The third-order valence-electron chi connectivity index (χ3n) is 8.17. The molecular formula is C33H41N5O5S. The van der Waals surface area contributed by atoms with E-state index in [1.807, 2.05) is 23.1 Å². The summed E-state index contributed by atoms with van der Waals surface area (Å²) in [4.78, 5) is 28.1. The zero-order valence-corrected chi connectivity index (χ0v) is 25.9. The molecule has 234 valence electrons. The lowest BCUT2D eigenvalue weighted by Crippen LogP contribution is -2.50. The number of hydrogen-bond donors (Lipinski definition) is 1. The number of hydrogen-bond acceptors (Lipinski definition) is 6. The molecule has 3 aromatic rings. The average Bonchev–Trinajstić information content (AvgIpc) is 3.05. The van der Waals surface area contributed by atoms with E-state index in [4.69, 9.17) is 0 Å². The van der Waals surface area contributed by atoms with Gasteiger partial charge in [-0.05, 0) is 55.0 Å². The van der Waals surface area contributed by atoms with Crippen LogP contribution in [-0.4, -0.2) is 79.3 Å². The molecular weight excluding hydrogens is 578 g/mol. The Morgan fingerprint density at radius 3 is 2.25 bits per heavy atom. The minimum Gasteiger partial charge on any atom is -0.334 e. The Balaban J connectivity index is 1.32. The van der Waals surface area contributed by atoms with Gasteiger partial charge in [0.1, 0.15) is 0 Å². The third-order valence-corrected chi connectivity index (χ3v) is 10.0. The van der Waals surface area contributed by atoms with Gasteiger partial charge in [-0.2, -0.15) is 0 Å². The molecule has 1 heterocycles. The first kappa shape index (κ1) is 32.8. The summed E-state index contributed by atoms with van der Waals surface area (Å²) in [6.07, 6.45) is 4.16. The topological polar surface area (TPSA) is 116 Å². The van der Waals surface area contributed by atoms with Gasteiger partial charge in [0, 0.05) is 57.9 Å². The monoisotopic (exact) mass is 619 g/mol. The first-order chi connectivity index (χ1) is 21.2. The molecule has 1 fully saturated rings. The molecule has 0 aliphatic carbocycles. The summed E-state index contributed by atoms with van der Waals surface area (Å²) in [5.41, 5.74) is 1.91. The van der Waals surface area contributed by atoms with Gasteiger partial charge in [-0.15, -0.1) is 6.58 Å². The van der Waals surface area contributed by atoms with Crippen molar-refractivity contribution >= 4 is 21.7 Å². The summed E-state index contributed by atoms with van der Waals surface area (Å²) < 4.78 is 27.9. The summed E-state index contributed by atoms with van der Waals surface area (Å²) in [6, 6.07) is 24.6. The van der Waals surface area contributed by atoms with E-state index in [1.165, 1.54) is 16.4 Å². The van der Waals surface area contributed by atoms with Crippen molar-refractivity contribution in [3.05, 3.63) is 119 Å². The van der Waals surface area contributed by atoms with Gasteiger partial charge in [0.05, 0.1) is 9.82 Å². The number of nitrogens with one attached hydrogen (secondary N) is 1. The predicted molar refractivity (Wildman–Crippen MR) is 172 cm³/mol. The van der Waals surface area contributed by atoms with Crippen molar-refractivity contribution in [1.82, 2.24) is 19.4 Å². The molecule has 1 aliphatic rings. The molecule has 0 saturated carbocycles. The molecule has 1 atom stereocenters. The maximum absolute atomic E-state index is 13.2. The highest BCUT2D eigenvalue weighted by Crippen LogP contribution is 2.26. The summed E-state index contributed by atoms with van der Waals surface area (Å²) in [5, 5.41) is 13.8. The van der Waals surface area contributed by atoms with Gasteiger partial charge in [-0.1, -0.05) is 66.7 Å². The van der Waals surface area contributed by atoms with Crippen molar-refractivity contribution in [2.45, 2.75) is 42.7 Å². The number of likely N-dealkylation sites (N-methyl/N-ethyl adjacent to an activating group) is 1. The van der Waals surface area contributed by atoms with E-state index >= 15 is 0 Å². The summed E-state index contributed by atoms with van der Waals surface area (Å²) >= 11 is 0. The Kier molecular flexibility index (Phi) is 11.6. The lowest BCUT2D eigenvalue weighted by atomic mass is 9.94. The third kappa shape index (κ3) is 8.75. The molecule has 1 N–H and O–H groups in total. The molecule has 2 amide bonds. The van der Waals surface area contributed by atoms with E-state index in [0.717, 1.165) is 50.0 Å². The van der Waals surface area contributed by atoms with Crippen molar-refractivity contribution in [1.29, 1.82) is 0 Å². The number of amides is 2. The molecule has 0 spiro atoms. The van der Waals surface area contributed by atoms with Crippen LogP contribution in [0, 0.1) is 10.1 Å². The van der Waals surface area contributed by atoms with Crippen LogP contribution >= 0.6 is 0 Å². The fraction of sp³-hybridized carbons (Fsp3) is 0.364. The van der Waals surface area contributed by atoms with Crippen molar-refractivity contribution in [3.8, 4) is 0 Å². The van der Waals surface area contributed by atoms with Gasteiger partial charge in [0.25, 0.3) is 5.69 Å². The van der Waals surface area contributed by atoms with Crippen molar-refractivity contribution in [2.24, 2.45) is 0 Å². The highest BCUT2D eigenvalue weighted by molar-refractivity contribution is 7.89. The van der Waals surface area contributed by atoms with Gasteiger partial charge in [-0.25, -0.2) is 17.5 Å². The molecule has 0 bridgehead atoms. The normalized spacial score (nSPS) is 15.0. The smallest absolute Gasteiger partial charge is 0.318 e. The van der Waals surface area contributed by atoms with Gasteiger partial charge >= 0.3 is 6.03 Å². The standard InChI is InChI=1S/C33H41N5O5S/c1-3-21-37(33(39)34-25-27-14-16-31(17-15-27)38(40)41)30-19-23-36(24-20-30)22-18-29(28-10-6-4-7-11-28)26-35(2)44(42,43)32-12-8-5-9-13-32/h3-17,29-30H,1,18-26H2,2H3,(H,34,39)/t29-/m1/s1. The van der Waals surface area contributed by atoms with Crippen LogP contribution in [0.25, 0.3) is 0 Å². The zero-order valence-electron chi connectivity index (χ0n) is 25.1. The van der Waals surface area contributed by atoms with Crippen LogP contribution in [0.5, 0.6) is 0 Å². The van der Waals surface area contributed by atoms with Crippen LogP contribution in [0.3, 0.4) is 0 Å². The quantitative estimate of drug-likeness (QED) is 0.150. The van der Waals surface area contributed by atoms with Crippen LogP contribution in [0.1, 0.15) is 36.3 Å². The molecule has 0 unspecified atom stereocenters. The average molecular weight is 620 g/mol. The van der Waals surface area contributed by atoms with Crippen LogP contribution in [0.15, 0.2) is 102 Å². The molecule has 1 aliphatic heterocycles. The Labute approximate surface area is 260 Å². The molecule has 1 saturated heterocycles. The lowest BCUT2D eigenvalue weighted by molar-refractivity contribution is -0.384. The molecule has 10 nitrogen and oxygen atoms in total. The van der Waals surface area contributed by atoms with Crippen LogP contribution in [-0.2, 0) is 16.6 Å². The van der Waals surface area contributed by atoms with Gasteiger partial charge in [-0.3, -0.25) is 10.1 Å². The number of nitrogens with zero attached hydrogens (tertiary/aromatic N) is 4. The van der Waals surface area contributed by atoms with E-state index in [1.54, 1.807) is 55.6 Å². The number of carbonyl (C=O) groups excluding carboxylic acids is 1. The van der Waals surface area contributed by atoms with E-state index in [-0.39, 0.29) is 35.1 Å². The van der Waals surface area contributed by atoms with Crippen molar-refractivity contribution < 1.29 is 18.1 Å². The number of urea groups is 1. The molecule has 0 radical (unpaired) electrons. The minimum atomic E-state index is -3.60. The summed E-state index contributed by atoms with van der Waals surface area (Å²) in [6.45, 7) is 7.38. The van der Waals surface area contributed by atoms with Crippen LogP contribution in [0.2, 0.25) is 0 Å². The fourth-order valence-corrected chi connectivity index (χ4v) is 6.85. The Morgan fingerprint density at radius 2 is 1.66 bits per heavy atom. The fourth-order valence-electron chi connectivity index (χ4n) is 5.61. The molecule has 3 aromatic carbocycles. The number of rotatable bonds is 14. The predicted octanol–water partition coefficient (Wildman–Crippen LogP) is 5.25. The molecule has 0 aromatic heterocycles. The first-order valence-electron chi connectivity index (χ1n) is 14.9. The number of benzene rings is 3. The number of nitro groups is 1. The maximum Gasteiger partial charge on any atom is 0.318 e. The number of nitro benzene ring substituents is 1. The van der Waals surface area contributed by atoms with Crippen molar-refractivity contribution in [3.63, 3.8) is 0 Å². The number of non-ortho nitro benzene ring substituents is 1. The lowest BCUT2D eigenvalue weighted by Gasteiger charge is -2.38. The van der Waals surface area contributed by atoms with Gasteiger partial charge < -0.3 is 15.1 Å². The zero-order chi connectivity index (χ0) is 31.5. The highest BCUT2D eigenvalue weighted by Gasteiger charge is 2.29. The minimum absolute atomic E-state index is 0.0134. The second-order valence-corrected chi connectivity index (χ2v) is 13.1. The van der Waals surface area contributed by atoms with E-state index in [9.17, 15) is 23.3 Å². The van der Waals surface area contributed by atoms with E-state index in [2.05, 4.69) is 28.9 Å². The Hall–Kier alpha value is -4.06. The maximum atomic E-state index is 13.2. The van der Waals surface area contributed by atoms with Gasteiger partial charge in [0.15, 0.2) is 0 Å². The number of sulfonamides is 1. The Bertz CT molecular complexity index is 1480. The van der Waals surface area contributed by atoms with Gasteiger partial charge in [0.2, 0.25) is 10.0 Å².